The van der Waals surface area contributed by atoms with E-state index < -0.39 is 0 Å². The molecule has 2 aromatic carbocycles. The molecule has 0 spiro atoms. The van der Waals surface area contributed by atoms with Gasteiger partial charge in [-0.25, -0.2) is 0 Å². The number of halogens is 1. The highest BCUT2D eigenvalue weighted by Gasteiger charge is 2.09. The summed E-state index contributed by atoms with van der Waals surface area (Å²) in [6.07, 6.45) is 0. The molecule has 110 valence electrons. The van der Waals surface area contributed by atoms with E-state index in [0.717, 1.165) is 11.1 Å². The number of aryl methyl sites for hydroxylation is 1. The number of carbonyl (C=O) groups is 1. The normalized spacial score (nSPS) is 10.3. The minimum atomic E-state index is -0.0126. The number of ether oxygens (including phenoxy) is 2. The number of Topliss-reactive ketones (excluding diaryl/α,β-unsaturated/α-hetero) is 1. The van der Waals surface area contributed by atoms with E-state index in [1.165, 1.54) is 6.92 Å². The van der Waals surface area contributed by atoms with Crippen LogP contribution in [-0.4, -0.2) is 12.9 Å². The van der Waals surface area contributed by atoms with Crippen molar-refractivity contribution in [1.82, 2.24) is 0 Å². The molecule has 2 aromatic rings. The topological polar surface area (TPSA) is 35.5 Å². The maximum atomic E-state index is 11.4. The fraction of sp³-hybridized carbons (Fsp3) is 0.235. The van der Waals surface area contributed by atoms with E-state index in [9.17, 15) is 4.79 Å². The van der Waals surface area contributed by atoms with Crippen molar-refractivity contribution in [1.29, 1.82) is 0 Å². The second-order valence-corrected chi connectivity index (χ2v) is 5.21. The van der Waals surface area contributed by atoms with Gasteiger partial charge in [-0.3, -0.25) is 4.79 Å². The first-order chi connectivity index (χ1) is 10.0. The molecule has 0 amide bonds. The van der Waals surface area contributed by atoms with E-state index in [0.29, 0.717) is 28.7 Å². The molecule has 4 heteroatoms. The van der Waals surface area contributed by atoms with Crippen LogP contribution < -0.4 is 9.47 Å². The molecule has 2 rings (SSSR count). The first kappa shape index (κ1) is 15.4. The van der Waals surface area contributed by atoms with E-state index in [1.54, 1.807) is 25.3 Å². The largest absolute Gasteiger partial charge is 0.493 e. The lowest BCUT2D eigenvalue weighted by Gasteiger charge is -2.12. The van der Waals surface area contributed by atoms with Gasteiger partial charge < -0.3 is 9.47 Å². The molecule has 0 heterocycles. The van der Waals surface area contributed by atoms with Gasteiger partial charge in [-0.15, -0.1) is 0 Å². The highest BCUT2D eigenvalue weighted by Crippen LogP contribution is 2.29. The van der Waals surface area contributed by atoms with Crippen LogP contribution in [0.5, 0.6) is 11.5 Å². The van der Waals surface area contributed by atoms with Gasteiger partial charge in [-0.2, -0.15) is 0 Å². The van der Waals surface area contributed by atoms with Crippen molar-refractivity contribution in [2.75, 3.05) is 7.11 Å². The van der Waals surface area contributed by atoms with Gasteiger partial charge in [0.05, 0.1) is 7.11 Å². The fourth-order valence-corrected chi connectivity index (χ4v) is 2.22. The molecule has 3 nitrogen and oxygen atoms in total. The summed E-state index contributed by atoms with van der Waals surface area (Å²) in [5.74, 6) is 1.10. The third kappa shape index (κ3) is 3.76. The minimum Gasteiger partial charge on any atom is -0.493 e. The molecule has 0 radical (unpaired) electrons. The fourth-order valence-electron chi connectivity index (χ4n) is 1.93. The summed E-state index contributed by atoms with van der Waals surface area (Å²) in [6, 6.07) is 11.0. The second-order valence-electron chi connectivity index (χ2n) is 4.81. The maximum Gasteiger partial charge on any atom is 0.161 e. The average Bonchev–Trinajstić information content (AvgIpc) is 2.46. The summed E-state index contributed by atoms with van der Waals surface area (Å²) in [5, 5.41) is 0.675. The number of hydrogen-bond donors (Lipinski definition) is 0. The number of methoxy groups -OCH3 is 1. The van der Waals surface area contributed by atoms with Gasteiger partial charge in [-0.1, -0.05) is 23.7 Å². The first-order valence-corrected chi connectivity index (χ1v) is 6.96. The van der Waals surface area contributed by atoms with Gasteiger partial charge in [0.1, 0.15) is 6.61 Å². The Morgan fingerprint density at radius 3 is 2.52 bits per heavy atom. The molecule has 0 atom stereocenters. The van der Waals surface area contributed by atoms with Crippen LogP contribution in [0.4, 0.5) is 0 Å². The van der Waals surface area contributed by atoms with Gasteiger partial charge >= 0.3 is 0 Å². The summed E-state index contributed by atoms with van der Waals surface area (Å²) in [5.41, 5.74) is 2.60. The molecule has 0 unspecified atom stereocenters. The van der Waals surface area contributed by atoms with Crippen molar-refractivity contribution >= 4 is 17.4 Å². The second kappa shape index (κ2) is 6.64. The molecule has 21 heavy (non-hydrogen) atoms. The van der Waals surface area contributed by atoms with Gasteiger partial charge in [-0.05, 0) is 43.7 Å². The number of ketones is 1. The lowest BCUT2D eigenvalue weighted by atomic mass is 10.1. The molecule has 0 aliphatic heterocycles. The SMILES string of the molecule is COc1cc(C(C)=O)ccc1OCc1ccc(C)cc1Cl. The number of rotatable bonds is 5. The predicted molar refractivity (Wildman–Crippen MR) is 83.5 cm³/mol. The zero-order valence-corrected chi connectivity index (χ0v) is 13.0. The van der Waals surface area contributed by atoms with Crippen LogP contribution in [0.1, 0.15) is 28.4 Å². The Morgan fingerprint density at radius 1 is 1.14 bits per heavy atom. The number of hydrogen-bond acceptors (Lipinski definition) is 3. The molecule has 0 saturated carbocycles. The van der Waals surface area contributed by atoms with Crippen molar-refractivity contribution in [2.24, 2.45) is 0 Å². The summed E-state index contributed by atoms with van der Waals surface area (Å²) >= 11 is 6.18. The van der Waals surface area contributed by atoms with Crippen molar-refractivity contribution in [3.63, 3.8) is 0 Å². The van der Waals surface area contributed by atoms with E-state index in [-0.39, 0.29) is 5.78 Å². The van der Waals surface area contributed by atoms with E-state index in [2.05, 4.69) is 0 Å². The van der Waals surface area contributed by atoms with E-state index >= 15 is 0 Å². The quantitative estimate of drug-likeness (QED) is 0.766. The Labute approximate surface area is 129 Å². The Bertz CT molecular complexity index is 665. The molecule has 0 saturated heterocycles. The molecule has 0 aliphatic carbocycles. The van der Waals surface area contributed by atoms with Crippen LogP contribution in [0.25, 0.3) is 0 Å². The highest BCUT2D eigenvalue weighted by molar-refractivity contribution is 6.31. The summed E-state index contributed by atoms with van der Waals surface area (Å²) in [7, 11) is 1.55. The number of carbonyl (C=O) groups excluding carboxylic acids is 1. The Hall–Kier alpha value is -2.00. The lowest BCUT2D eigenvalue weighted by Crippen LogP contribution is -2.00. The van der Waals surface area contributed by atoms with Crippen LogP contribution in [0.3, 0.4) is 0 Å². The van der Waals surface area contributed by atoms with E-state index in [4.69, 9.17) is 21.1 Å². The van der Waals surface area contributed by atoms with Crippen molar-refractivity contribution in [3.8, 4) is 11.5 Å². The standard InChI is InChI=1S/C17H17ClO3/c1-11-4-5-14(15(18)8-11)10-21-16-7-6-13(12(2)19)9-17(16)20-3/h4-9H,10H2,1-3H3. The zero-order valence-electron chi connectivity index (χ0n) is 12.3. The van der Waals surface area contributed by atoms with Crippen molar-refractivity contribution < 1.29 is 14.3 Å². The molecule has 0 fully saturated rings. The van der Waals surface area contributed by atoms with Gasteiger partial charge in [0.25, 0.3) is 0 Å². The molecule has 0 aliphatic rings. The predicted octanol–water partition coefficient (Wildman–Crippen LogP) is 4.44. The van der Waals surface area contributed by atoms with Gasteiger partial charge in [0.15, 0.2) is 17.3 Å². The monoisotopic (exact) mass is 304 g/mol. The number of benzene rings is 2. The molecule has 0 aromatic heterocycles. The van der Waals surface area contributed by atoms with Gasteiger partial charge in [0, 0.05) is 16.1 Å². The molecular weight excluding hydrogens is 288 g/mol. The minimum absolute atomic E-state index is 0.0126. The average molecular weight is 305 g/mol. The lowest BCUT2D eigenvalue weighted by molar-refractivity contribution is 0.101. The molecule has 0 N–H and O–H groups in total. The molecule has 0 bridgehead atoms. The van der Waals surface area contributed by atoms with Crippen LogP contribution in [0, 0.1) is 6.92 Å². The third-order valence-electron chi connectivity index (χ3n) is 3.16. The zero-order chi connectivity index (χ0) is 15.4. The van der Waals surface area contributed by atoms with Crippen LogP contribution in [0.15, 0.2) is 36.4 Å². The third-order valence-corrected chi connectivity index (χ3v) is 3.51. The summed E-state index contributed by atoms with van der Waals surface area (Å²) < 4.78 is 11.0. The van der Waals surface area contributed by atoms with Gasteiger partial charge in [0.2, 0.25) is 0 Å². The maximum absolute atomic E-state index is 11.4. The summed E-state index contributed by atoms with van der Waals surface area (Å²) in [4.78, 5) is 11.4. The van der Waals surface area contributed by atoms with Crippen molar-refractivity contribution in [3.05, 3.63) is 58.1 Å². The smallest absolute Gasteiger partial charge is 0.161 e. The highest BCUT2D eigenvalue weighted by atomic mass is 35.5. The summed E-state index contributed by atoms with van der Waals surface area (Å²) in [6.45, 7) is 3.84. The Kier molecular flexibility index (Phi) is 4.86. The Balaban J connectivity index is 2.17. The van der Waals surface area contributed by atoms with E-state index in [1.807, 2.05) is 25.1 Å². The first-order valence-electron chi connectivity index (χ1n) is 6.58. The van der Waals surface area contributed by atoms with Crippen LogP contribution >= 0.6 is 11.6 Å². The Morgan fingerprint density at radius 2 is 1.90 bits per heavy atom. The van der Waals surface area contributed by atoms with Crippen LogP contribution in [-0.2, 0) is 6.61 Å². The molecular formula is C17H17ClO3. The van der Waals surface area contributed by atoms with Crippen molar-refractivity contribution in [2.45, 2.75) is 20.5 Å². The van der Waals surface area contributed by atoms with Crippen LogP contribution in [0.2, 0.25) is 5.02 Å².